The van der Waals surface area contributed by atoms with Crippen LogP contribution in [0.25, 0.3) is 0 Å². The summed E-state index contributed by atoms with van der Waals surface area (Å²) in [5, 5.41) is 9.69. The van der Waals surface area contributed by atoms with Gasteiger partial charge in [-0.05, 0) is 44.0 Å². The largest absolute Gasteiger partial charge is 0.488 e. The number of rotatable bonds is 4. The van der Waals surface area contributed by atoms with E-state index in [1.54, 1.807) is 13.0 Å². The first-order chi connectivity index (χ1) is 9.47. The third-order valence-corrected chi connectivity index (χ3v) is 3.31. The average molecular weight is 274 g/mol. The SMILES string of the molecule is Cc1ccc(C)c(COc2cc(F)ccc2C(C)O)c1. The van der Waals surface area contributed by atoms with Crippen molar-refractivity contribution < 1.29 is 14.2 Å². The van der Waals surface area contributed by atoms with Crippen molar-refractivity contribution in [3.8, 4) is 5.75 Å². The molecule has 1 atom stereocenters. The highest BCUT2D eigenvalue weighted by Gasteiger charge is 2.11. The minimum Gasteiger partial charge on any atom is -0.488 e. The molecule has 3 heteroatoms. The molecule has 0 bridgehead atoms. The predicted octanol–water partition coefficient (Wildman–Crippen LogP) is 4.07. The molecule has 0 aliphatic rings. The van der Waals surface area contributed by atoms with E-state index < -0.39 is 6.10 Å². The highest BCUT2D eigenvalue weighted by atomic mass is 19.1. The second-order valence-electron chi connectivity index (χ2n) is 5.08. The van der Waals surface area contributed by atoms with E-state index >= 15 is 0 Å². The van der Waals surface area contributed by atoms with Crippen molar-refractivity contribution in [2.75, 3.05) is 0 Å². The van der Waals surface area contributed by atoms with Gasteiger partial charge in [0.1, 0.15) is 18.2 Å². The van der Waals surface area contributed by atoms with Gasteiger partial charge in [-0.1, -0.05) is 23.8 Å². The second kappa shape index (κ2) is 6.06. The maximum Gasteiger partial charge on any atom is 0.128 e. The molecule has 0 aromatic heterocycles. The molecule has 0 heterocycles. The Labute approximate surface area is 118 Å². The maximum absolute atomic E-state index is 13.3. The van der Waals surface area contributed by atoms with Crippen LogP contribution in [0.4, 0.5) is 4.39 Å². The fourth-order valence-electron chi connectivity index (χ4n) is 2.09. The Morgan fingerprint density at radius 1 is 1.15 bits per heavy atom. The van der Waals surface area contributed by atoms with Crippen LogP contribution in [-0.2, 0) is 6.61 Å². The Balaban J connectivity index is 2.22. The zero-order valence-corrected chi connectivity index (χ0v) is 12.0. The summed E-state index contributed by atoms with van der Waals surface area (Å²) in [6.07, 6.45) is -0.691. The Hall–Kier alpha value is -1.87. The molecule has 2 aromatic rings. The first-order valence-electron chi connectivity index (χ1n) is 6.64. The number of aliphatic hydroxyl groups is 1. The normalized spacial score (nSPS) is 12.2. The van der Waals surface area contributed by atoms with E-state index in [1.165, 1.54) is 12.1 Å². The van der Waals surface area contributed by atoms with E-state index in [9.17, 15) is 9.50 Å². The van der Waals surface area contributed by atoms with Gasteiger partial charge < -0.3 is 9.84 Å². The number of benzene rings is 2. The maximum atomic E-state index is 13.3. The quantitative estimate of drug-likeness (QED) is 0.910. The van der Waals surface area contributed by atoms with Gasteiger partial charge in [0.15, 0.2) is 0 Å². The lowest BCUT2D eigenvalue weighted by molar-refractivity contribution is 0.189. The molecule has 0 aliphatic carbocycles. The molecule has 1 unspecified atom stereocenters. The monoisotopic (exact) mass is 274 g/mol. The molecule has 0 aliphatic heterocycles. The van der Waals surface area contributed by atoms with Gasteiger partial charge >= 0.3 is 0 Å². The Kier molecular flexibility index (Phi) is 4.40. The summed E-state index contributed by atoms with van der Waals surface area (Å²) in [7, 11) is 0. The second-order valence-corrected chi connectivity index (χ2v) is 5.08. The van der Waals surface area contributed by atoms with Crippen molar-refractivity contribution >= 4 is 0 Å². The first kappa shape index (κ1) is 14.5. The predicted molar refractivity (Wildman–Crippen MR) is 77.3 cm³/mol. The molecular weight excluding hydrogens is 255 g/mol. The van der Waals surface area contributed by atoms with Crippen molar-refractivity contribution in [3.05, 3.63) is 64.5 Å². The summed E-state index contributed by atoms with van der Waals surface area (Å²) in [4.78, 5) is 0. The minimum absolute atomic E-state index is 0.358. The van der Waals surface area contributed by atoms with Crippen LogP contribution in [0.15, 0.2) is 36.4 Å². The van der Waals surface area contributed by atoms with Crippen molar-refractivity contribution in [1.82, 2.24) is 0 Å². The lowest BCUT2D eigenvalue weighted by atomic mass is 10.1. The van der Waals surface area contributed by atoms with Crippen LogP contribution < -0.4 is 4.74 Å². The topological polar surface area (TPSA) is 29.5 Å². The van der Waals surface area contributed by atoms with Gasteiger partial charge in [0.2, 0.25) is 0 Å². The molecule has 2 rings (SSSR count). The first-order valence-corrected chi connectivity index (χ1v) is 6.64. The summed E-state index contributed by atoms with van der Waals surface area (Å²) in [5.41, 5.74) is 3.94. The summed E-state index contributed by atoms with van der Waals surface area (Å²) in [6.45, 7) is 6.03. The van der Waals surface area contributed by atoms with Crippen LogP contribution >= 0.6 is 0 Å². The lowest BCUT2D eigenvalue weighted by Gasteiger charge is -2.15. The fourth-order valence-corrected chi connectivity index (χ4v) is 2.09. The van der Waals surface area contributed by atoms with E-state index in [0.29, 0.717) is 17.9 Å². The molecule has 0 amide bonds. The number of ether oxygens (including phenoxy) is 1. The molecule has 0 spiro atoms. The minimum atomic E-state index is -0.691. The van der Waals surface area contributed by atoms with Gasteiger partial charge in [0.05, 0.1) is 6.10 Å². The standard InChI is InChI=1S/C17H19FO2/c1-11-4-5-12(2)14(8-11)10-20-17-9-15(18)6-7-16(17)13(3)19/h4-9,13,19H,10H2,1-3H3. The molecule has 106 valence electrons. The van der Waals surface area contributed by atoms with E-state index in [1.807, 2.05) is 26.0 Å². The Bertz CT molecular complexity index is 606. The highest BCUT2D eigenvalue weighted by Crippen LogP contribution is 2.27. The van der Waals surface area contributed by atoms with Gasteiger partial charge in [0.25, 0.3) is 0 Å². The van der Waals surface area contributed by atoms with E-state index in [-0.39, 0.29) is 5.82 Å². The van der Waals surface area contributed by atoms with Crippen molar-refractivity contribution in [2.45, 2.75) is 33.5 Å². The van der Waals surface area contributed by atoms with E-state index in [4.69, 9.17) is 4.74 Å². The van der Waals surface area contributed by atoms with Crippen LogP contribution in [0.1, 0.15) is 35.3 Å². The van der Waals surface area contributed by atoms with Crippen LogP contribution in [0.3, 0.4) is 0 Å². The third-order valence-electron chi connectivity index (χ3n) is 3.31. The molecular formula is C17H19FO2. The van der Waals surface area contributed by atoms with Crippen LogP contribution in [0.5, 0.6) is 5.75 Å². The van der Waals surface area contributed by atoms with Crippen LogP contribution in [0, 0.1) is 19.7 Å². The molecule has 0 fully saturated rings. The molecule has 0 radical (unpaired) electrons. The van der Waals surface area contributed by atoms with Crippen LogP contribution in [0.2, 0.25) is 0 Å². The van der Waals surface area contributed by atoms with Gasteiger partial charge in [0, 0.05) is 11.6 Å². The molecule has 20 heavy (non-hydrogen) atoms. The Morgan fingerprint density at radius 3 is 2.60 bits per heavy atom. The lowest BCUT2D eigenvalue weighted by Crippen LogP contribution is -2.03. The summed E-state index contributed by atoms with van der Waals surface area (Å²) in [6, 6.07) is 10.3. The molecule has 2 aromatic carbocycles. The fraction of sp³-hybridized carbons (Fsp3) is 0.294. The molecule has 0 saturated heterocycles. The van der Waals surface area contributed by atoms with Gasteiger partial charge in [-0.25, -0.2) is 4.39 Å². The zero-order valence-electron chi connectivity index (χ0n) is 12.0. The number of aliphatic hydroxyl groups excluding tert-OH is 1. The van der Waals surface area contributed by atoms with Crippen molar-refractivity contribution in [3.63, 3.8) is 0 Å². The average Bonchev–Trinajstić information content (AvgIpc) is 2.39. The summed E-state index contributed by atoms with van der Waals surface area (Å²) < 4.78 is 19.0. The summed E-state index contributed by atoms with van der Waals surface area (Å²) in [5.74, 6) is 0.0197. The smallest absolute Gasteiger partial charge is 0.128 e. The van der Waals surface area contributed by atoms with Crippen LogP contribution in [-0.4, -0.2) is 5.11 Å². The van der Waals surface area contributed by atoms with Crippen molar-refractivity contribution in [2.24, 2.45) is 0 Å². The Morgan fingerprint density at radius 2 is 1.90 bits per heavy atom. The number of hydrogen-bond acceptors (Lipinski definition) is 2. The van der Waals surface area contributed by atoms with Gasteiger partial charge in [-0.2, -0.15) is 0 Å². The number of aryl methyl sites for hydroxylation is 2. The van der Waals surface area contributed by atoms with Crippen molar-refractivity contribution in [1.29, 1.82) is 0 Å². The zero-order chi connectivity index (χ0) is 14.7. The molecule has 1 N–H and O–H groups in total. The number of halogens is 1. The summed E-state index contributed by atoms with van der Waals surface area (Å²) >= 11 is 0. The van der Waals surface area contributed by atoms with Gasteiger partial charge in [-0.15, -0.1) is 0 Å². The number of hydrogen-bond donors (Lipinski definition) is 1. The highest BCUT2D eigenvalue weighted by molar-refractivity contribution is 5.36. The molecule has 0 saturated carbocycles. The molecule has 2 nitrogen and oxygen atoms in total. The van der Waals surface area contributed by atoms with E-state index in [2.05, 4.69) is 6.07 Å². The third kappa shape index (κ3) is 3.36. The van der Waals surface area contributed by atoms with E-state index in [0.717, 1.165) is 16.7 Å². The van der Waals surface area contributed by atoms with Gasteiger partial charge in [-0.3, -0.25) is 0 Å².